The minimum Gasteiger partial charge on any atom is -0.356 e. The lowest BCUT2D eigenvalue weighted by Gasteiger charge is -2.12. The van der Waals surface area contributed by atoms with Crippen molar-refractivity contribution in [1.82, 2.24) is 25.4 Å². The van der Waals surface area contributed by atoms with Crippen LogP contribution in [0.4, 0.5) is 0 Å². The van der Waals surface area contributed by atoms with E-state index in [0.29, 0.717) is 23.9 Å². The summed E-state index contributed by atoms with van der Waals surface area (Å²) in [5.74, 6) is 1.43. The van der Waals surface area contributed by atoms with Crippen molar-refractivity contribution in [2.24, 2.45) is 4.99 Å². The molecule has 0 aliphatic rings. The second-order valence-electron chi connectivity index (χ2n) is 6.47. The number of nitrogens with one attached hydrogen (secondary N) is 2. The van der Waals surface area contributed by atoms with Crippen LogP contribution in [0.25, 0.3) is 5.69 Å². The molecule has 3 aromatic rings. The van der Waals surface area contributed by atoms with Gasteiger partial charge in [-0.1, -0.05) is 30.3 Å². The lowest BCUT2D eigenvalue weighted by molar-refractivity contribution is 0.602. The zero-order valence-corrected chi connectivity index (χ0v) is 20.0. The molecule has 2 aromatic carbocycles. The normalized spacial score (nSPS) is 11.6. The largest absolute Gasteiger partial charge is 0.356 e. The molecule has 3 rings (SSSR count). The molecule has 0 fully saturated rings. The van der Waals surface area contributed by atoms with Crippen LogP contribution in [-0.2, 0) is 22.8 Å². The fourth-order valence-electron chi connectivity index (χ4n) is 2.80. The molecule has 2 N–H and O–H groups in total. The quantitative estimate of drug-likeness (QED) is 0.271. The molecule has 30 heavy (non-hydrogen) atoms. The lowest BCUT2D eigenvalue weighted by Crippen LogP contribution is -2.38. The average Bonchev–Trinajstić information content (AvgIpc) is 3.19. The molecule has 0 radical (unpaired) electrons. The van der Waals surface area contributed by atoms with E-state index < -0.39 is 9.84 Å². The Morgan fingerprint density at radius 2 is 1.77 bits per heavy atom. The molecule has 0 atom stereocenters. The number of sulfone groups is 1. The van der Waals surface area contributed by atoms with Crippen molar-refractivity contribution in [3.05, 3.63) is 72.3 Å². The second kappa shape index (κ2) is 11.1. The van der Waals surface area contributed by atoms with Crippen molar-refractivity contribution in [3.8, 4) is 5.69 Å². The second-order valence-corrected chi connectivity index (χ2v) is 8.49. The van der Waals surface area contributed by atoms with Crippen molar-refractivity contribution in [3.63, 3.8) is 0 Å². The Hall–Kier alpha value is -2.47. The van der Waals surface area contributed by atoms with E-state index >= 15 is 0 Å². The third kappa shape index (κ3) is 6.52. The molecule has 1 heterocycles. The predicted molar refractivity (Wildman–Crippen MR) is 128 cm³/mol. The zero-order valence-electron chi connectivity index (χ0n) is 16.8. The summed E-state index contributed by atoms with van der Waals surface area (Å²) >= 11 is 0. The first-order valence-electron chi connectivity index (χ1n) is 9.15. The predicted octanol–water partition coefficient (Wildman–Crippen LogP) is 2.20. The standard InChI is InChI=1S/C20H24N6O2S.HI/c1-21-20(22-13-12-16-8-10-18(11-9-16)29(2,27)28)23-14-19-25-24-15-26(19)17-6-4-3-5-7-17;/h3-11,15H,12-14H2,1-2H3,(H2,21,22,23);1H. The van der Waals surface area contributed by atoms with Crippen LogP contribution in [-0.4, -0.2) is 49.0 Å². The maximum atomic E-state index is 11.5. The van der Waals surface area contributed by atoms with Crippen LogP contribution in [0.15, 0.2) is 70.8 Å². The van der Waals surface area contributed by atoms with E-state index in [9.17, 15) is 8.42 Å². The fraction of sp³-hybridized carbons (Fsp3) is 0.250. The van der Waals surface area contributed by atoms with E-state index in [-0.39, 0.29) is 24.0 Å². The van der Waals surface area contributed by atoms with Gasteiger partial charge in [-0.2, -0.15) is 0 Å². The van der Waals surface area contributed by atoms with Gasteiger partial charge in [0.2, 0.25) is 0 Å². The molecule has 0 bridgehead atoms. The fourth-order valence-corrected chi connectivity index (χ4v) is 3.43. The summed E-state index contributed by atoms with van der Waals surface area (Å²) in [4.78, 5) is 4.55. The topological polar surface area (TPSA) is 101 Å². The average molecular weight is 540 g/mol. The van der Waals surface area contributed by atoms with Crippen LogP contribution >= 0.6 is 24.0 Å². The van der Waals surface area contributed by atoms with Gasteiger partial charge in [-0.3, -0.25) is 9.56 Å². The molecule has 8 nitrogen and oxygen atoms in total. The van der Waals surface area contributed by atoms with E-state index in [1.807, 2.05) is 47.0 Å². The molecule has 0 saturated heterocycles. The number of aromatic nitrogens is 3. The number of benzene rings is 2. The first-order chi connectivity index (χ1) is 14.0. The molecule has 1 aromatic heterocycles. The van der Waals surface area contributed by atoms with E-state index in [4.69, 9.17) is 0 Å². The van der Waals surface area contributed by atoms with E-state index in [1.165, 1.54) is 6.26 Å². The molecular formula is C20H25IN6O2S. The molecule has 0 spiro atoms. The maximum absolute atomic E-state index is 11.5. The monoisotopic (exact) mass is 540 g/mol. The molecular weight excluding hydrogens is 515 g/mol. The Balaban J connectivity index is 0.00000320. The molecule has 10 heteroatoms. The van der Waals surface area contributed by atoms with Gasteiger partial charge in [0.1, 0.15) is 6.33 Å². The van der Waals surface area contributed by atoms with Crippen LogP contribution < -0.4 is 10.6 Å². The van der Waals surface area contributed by atoms with E-state index in [1.54, 1.807) is 25.5 Å². The van der Waals surface area contributed by atoms with E-state index in [0.717, 1.165) is 23.5 Å². The van der Waals surface area contributed by atoms with Gasteiger partial charge in [0, 0.05) is 25.5 Å². The number of rotatable bonds is 7. The number of halogens is 1. The van der Waals surface area contributed by atoms with Gasteiger partial charge in [0.25, 0.3) is 0 Å². The Morgan fingerprint density at radius 3 is 2.40 bits per heavy atom. The third-order valence-electron chi connectivity index (χ3n) is 4.35. The first-order valence-corrected chi connectivity index (χ1v) is 11.0. The third-order valence-corrected chi connectivity index (χ3v) is 5.48. The highest BCUT2D eigenvalue weighted by molar-refractivity contribution is 14.0. The van der Waals surface area contributed by atoms with Gasteiger partial charge in [0.05, 0.1) is 11.4 Å². The van der Waals surface area contributed by atoms with Crippen LogP contribution in [0.3, 0.4) is 0 Å². The maximum Gasteiger partial charge on any atom is 0.191 e. The summed E-state index contributed by atoms with van der Waals surface area (Å²) in [5, 5.41) is 14.7. The van der Waals surface area contributed by atoms with Crippen LogP contribution in [0, 0.1) is 0 Å². The first kappa shape index (κ1) is 23.8. The van der Waals surface area contributed by atoms with Crippen LogP contribution in [0.1, 0.15) is 11.4 Å². The zero-order chi connectivity index (χ0) is 20.7. The van der Waals surface area contributed by atoms with Gasteiger partial charge in [-0.15, -0.1) is 34.2 Å². The summed E-state index contributed by atoms with van der Waals surface area (Å²) in [5.41, 5.74) is 2.04. The summed E-state index contributed by atoms with van der Waals surface area (Å²) in [7, 11) is -1.46. The van der Waals surface area contributed by atoms with Crippen LogP contribution in [0.5, 0.6) is 0 Å². The van der Waals surface area contributed by atoms with Gasteiger partial charge < -0.3 is 10.6 Å². The summed E-state index contributed by atoms with van der Waals surface area (Å²) in [6, 6.07) is 16.8. The van der Waals surface area contributed by atoms with Gasteiger partial charge in [-0.25, -0.2) is 8.42 Å². The Morgan fingerprint density at radius 1 is 1.07 bits per heavy atom. The molecule has 0 saturated carbocycles. The molecule has 0 amide bonds. The summed E-state index contributed by atoms with van der Waals surface area (Å²) in [6.07, 6.45) is 3.63. The number of hydrogen-bond donors (Lipinski definition) is 2. The number of para-hydroxylation sites is 1. The summed E-state index contributed by atoms with van der Waals surface area (Å²) in [6.45, 7) is 1.13. The molecule has 0 unspecified atom stereocenters. The van der Waals surface area contributed by atoms with Gasteiger partial charge >= 0.3 is 0 Å². The van der Waals surface area contributed by atoms with Gasteiger partial charge in [-0.05, 0) is 36.2 Å². The van der Waals surface area contributed by atoms with E-state index in [2.05, 4.69) is 25.8 Å². The minimum absolute atomic E-state index is 0. The Labute approximate surface area is 193 Å². The van der Waals surface area contributed by atoms with Crippen molar-refractivity contribution >= 4 is 39.8 Å². The SMILES string of the molecule is CN=C(NCCc1ccc(S(C)(=O)=O)cc1)NCc1nncn1-c1ccccc1.I. The van der Waals surface area contributed by atoms with Crippen molar-refractivity contribution < 1.29 is 8.42 Å². The highest BCUT2D eigenvalue weighted by Gasteiger charge is 2.08. The van der Waals surface area contributed by atoms with Crippen molar-refractivity contribution in [1.29, 1.82) is 0 Å². The number of nitrogens with zero attached hydrogens (tertiary/aromatic N) is 4. The molecule has 0 aliphatic heterocycles. The van der Waals surface area contributed by atoms with Crippen LogP contribution in [0.2, 0.25) is 0 Å². The molecule has 160 valence electrons. The summed E-state index contributed by atoms with van der Waals surface area (Å²) < 4.78 is 25.0. The van der Waals surface area contributed by atoms with Gasteiger partial charge in [0.15, 0.2) is 21.6 Å². The highest BCUT2D eigenvalue weighted by atomic mass is 127. The number of hydrogen-bond acceptors (Lipinski definition) is 5. The number of aliphatic imine (C=N–C) groups is 1. The lowest BCUT2D eigenvalue weighted by atomic mass is 10.1. The minimum atomic E-state index is -3.17. The highest BCUT2D eigenvalue weighted by Crippen LogP contribution is 2.11. The van der Waals surface area contributed by atoms with Crippen molar-refractivity contribution in [2.45, 2.75) is 17.9 Å². The smallest absolute Gasteiger partial charge is 0.191 e. The molecule has 0 aliphatic carbocycles. The number of guanidine groups is 1. The van der Waals surface area contributed by atoms with Crippen molar-refractivity contribution in [2.75, 3.05) is 19.8 Å². The Kier molecular flexibility index (Phi) is 8.78. The Bertz CT molecular complexity index is 1070.